The Morgan fingerprint density at radius 3 is 2.76 bits per heavy atom. The van der Waals surface area contributed by atoms with Gasteiger partial charge in [-0.25, -0.2) is 0 Å². The minimum absolute atomic E-state index is 0.239. The maximum atomic E-state index is 8.89. The van der Waals surface area contributed by atoms with Gasteiger partial charge in [-0.15, -0.1) is 0 Å². The van der Waals surface area contributed by atoms with Crippen LogP contribution in [0.3, 0.4) is 0 Å². The lowest BCUT2D eigenvalue weighted by Crippen LogP contribution is -2.17. The van der Waals surface area contributed by atoms with Crippen molar-refractivity contribution in [1.29, 1.82) is 5.26 Å². The van der Waals surface area contributed by atoms with E-state index < -0.39 is 0 Å². The number of halogens is 1. The Bertz CT molecular complexity index is 664. The molecule has 1 N–H and O–H groups in total. The number of benzene rings is 2. The first-order valence-corrected chi connectivity index (χ1v) is 7.22. The summed E-state index contributed by atoms with van der Waals surface area (Å²) in [5.41, 5.74) is 1.67. The molecule has 1 atom stereocenters. The van der Waals surface area contributed by atoms with Gasteiger partial charge in [-0.05, 0) is 49.4 Å². The predicted molar refractivity (Wildman–Crippen MR) is 84.8 cm³/mol. The Labute approximate surface area is 130 Å². The number of hydrogen-bond acceptors (Lipinski definition) is 3. The van der Waals surface area contributed by atoms with Crippen LogP contribution in [-0.2, 0) is 0 Å². The third kappa shape index (κ3) is 3.98. The fourth-order valence-electron chi connectivity index (χ4n) is 2.05. The van der Waals surface area contributed by atoms with E-state index in [1.807, 2.05) is 18.2 Å². The van der Waals surface area contributed by atoms with Crippen LogP contribution in [0.15, 0.2) is 42.5 Å². The average Bonchev–Trinajstić information content (AvgIpc) is 2.49. The van der Waals surface area contributed by atoms with E-state index in [0.717, 1.165) is 12.1 Å². The molecule has 21 heavy (non-hydrogen) atoms. The van der Waals surface area contributed by atoms with E-state index >= 15 is 0 Å². The van der Waals surface area contributed by atoms with Crippen LogP contribution in [0.4, 0.5) is 0 Å². The molecule has 108 valence electrons. The van der Waals surface area contributed by atoms with E-state index in [1.54, 1.807) is 24.3 Å². The Morgan fingerprint density at radius 1 is 1.29 bits per heavy atom. The first-order valence-electron chi connectivity index (χ1n) is 6.85. The number of nitrogens with one attached hydrogen (secondary N) is 1. The van der Waals surface area contributed by atoms with Crippen LogP contribution in [0.25, 0.3) is 0 Å². The van der Waals surface area contributed by atoms with Crippen molar-refractivity contribution in [3.05, 3.63) is 58.6 Å². The van der Waals surface area contributed by atoms with Crippen LogP contribution in [0.1, 0.15) is 31.0 Å². The van der Waals surface area contributed by atoms with Gasteiger partial charge in [-0.3, -0.25) is 0 Å². The van der Waals surface area contributed by atoms with Crippen LogP contribution in [-0.4, -0.2) is 6.54 Å². The number of nitrogens with zero attached hydrogens (tertiary/aromatic N) is 1. The van der Waals surface area contributed by atoms with Gasteiger partial charge in [-0.2, -0.15) is 5.26 Å². The first kappa shape index (κ1) is 15.4. The maximum absolute atomic E-state index is 8.89. The second-order valence-electron chi connectivity index (χ2n) is 4.71. The van der Waals surface area contributed by atoms with Gasteiger partial charge in [0.25, 0.3) is 0 Å². The molecular formula is C17H17ClN2O. The number of rotatable bonds is 5. The van der Waals surface area contributed by atoms with Crippen molar-refractivity contribution in [2.45, 2.75) is 19.9 Å². The molecule has 0 aliphatic rings. The van der Waals surface area contributed by atoms with E-state index in [4.69, 9.17) is 21.6 Å². The fraction of sp³-hybridized carbons (Fsp3) is 0.235. The highest BCUT2D eigenvalue weighted by Crippen LogP contribution is 2.31. The molecule has 0 saturated carbocycles. The topological polar surface area (TPSA) is 45.0 Å². The van der Waals surface area contributed by atoms with Crippen molar-refractivity contribution in [3.63, 3.8) is 0 Å². The van der Waals surface area contributed by atoms with E-state index in [0.29, 0.717) is 22.1 Å². The van der Waals surface area contributed by atoms with Gasteiger partial charge in [0.05, 0.1) is 16.7 Å². The Morgan fingerprint density at radius 2 is 2.10 bits per heavy atom. The van der Waals surface area contributed by atoms with E-state index in [2.05, 4.69) is 25.2 Å². The number of nitriles is 1. The smallest absolute Gasteiger partial charge is 0.146 e. The predicted octanol–water partition coefficient (Wildman–Crippen LogP) is 4.67. The summed E-state index contributed by atoms with van der Waals surface area (Å²) < 4.78 is 5.74. The van der Waals surface area contributed by atoms with Gasteiger partial charge in [0, 0.05) is 6.04 Å². The monoisotopic (exact) mass is 300 g/mol. The summed E-state index contributed by atoms with van der Waals surface area (Å²) in [6.07, 6.45) is 0. The van der Waals surface area contributed by atoms with Gasteiger partial charge in [-0.1, -0.05) is 30.7 Å². The van der Waals surface area contributed by atoms with Gasteiger partial charge < -0.3 is 10.1 Å². The molecule has 0 heterocycles. The molecule has 0 amide bonds. The summed E-state index contributed by atoms with van der Waals surface area (Å²) in [5, 5.41) is 12.8. The summed E-state index contributed by atoms with van der Waals surface area (Å²) in [7, 11) is 0. The number of ether oxygens (including phenoxy) is 1. The molecule has 2 rings (SSSR count). The van der Waals surface area contributed by atoms with E-state index in [1.165, 1.54) is 0 Å². The Hall–Kier alpha value is -2.02. The molecule has 0 aromatic heterocycles. The zero-order chi connectivity index (χ0) is 15.2. The second-order valence-corrected chi connectivity index (χ2v) is 5.12. The molecule has 4 heteroatoms. The van der Waals surface area contributed by atoms with Crippen molar-refractivity contribution in [2.75, 3.05) is 6.54 Å². The maximum Gasteiger partial charge on any atom is 0.146 e. The molecule has 2 aromatic carbocycles. The van der Waals surface area contributed by atoms with E-state index in [-0.39, 0.29) is 6.04 Å². The summed E-state index contributed by atoms with van der Waals surface area (Å²) >= 11 is 6.28. The van der Waals surface area contributed by atoms with Crippen LogP contribution in [0.5, 0.6) is 11.5 Å². The molecule has 3 nitrogen and oxygen atoms in total. The van der Waals surface area contributed by atoms with Gasteiger partial charge in [0.1, 0.15) is 11.5 Å². The third-order valence-corrected chi connectivity index (χ3v) is 3.45. The SMILES string of the molecule is CCNC(C)c1ccc(Oc2cccc(C#N)c2)c(Cl)c1. The zero-order valence-electron chi connectivity index (χ0n) is 12.1. The zero-order valence-corrected chi connectivity index (χ0v) is 12.8. The minimum Gasteiger partial charge on any atom is -0.456 e. The molecule has 0 fully saturated rings. The number of hydrogen-bond donors (Lipinski definition) is 1. The highest BCUT2D eigenvalue weighted by atomic mass is 35.5. The molecule has 0 aliphatic heterocycles. The van der Waals surface area contributed by atoms with E-state index in [9.17, 15) is 0 Å². The average molecular weight is 301 g/mol. The van der Waals surface area contributed by atoms with Gasteiger partial charge in [0.15, 0.2) is 0 Å². The van der Waals surface area contributed by atoms with Crippen molar-refractivity contribution >= 4 is 11.6 Å². The highest BCUT2D eigenvalue weighted by molar-refractivity contribution is 6.32. The van der Waals surface area contributed by atoms with Crippen molar-refractivity contribution in [3.8, 4) is 17.6 Å². The van der Waals surface area contributed by atoms with Crippen molar-refractivity contribution < 1.29 is 4.74 Å². The van der Waals surface area contributed by atoms with Gasteiger partial charge in [0.2, 0.25) is 0 Å². The lowest BCUT2D eigenvalue weighted by Gasteiger charge is -2.14. The molecule has 0 radical (unpaired) electrons. The molecule has 0 aliphatic carbocycles. The molecule has 0 spiro atoms. The molecule has 0 bridgehead atoms. The first-order chi connectivity index (χ1) is 10.1. The van der Waals surface area contributed by atoms with Gasteiger partial charge >= 0.3 is 0 Å². The van der Waals surface area contributed by atoms with Crippen LogP contribution < -0.4 is 10.1 Å². The largest absolute Gasteiger partial charge is 0.456 e. The Kier molecular flexibility index (Phi) is 5.21. The summed E-state index contributed by atoms with van der Waals surface area (Å²) in [6.45, 7) is 5.06. The standard InChI is InChI=1S/C17H17ClN2O/c1-3-20-12(2)14-7-8-17(16(18)10-14)21-15-6-4-5-13(9-15)11-19/h4-10,12,20H,3H2,1-2H3. The fourth-order valence-corrected chi connectivity index (χ4v) is 2.28. The van der Waals surface area contributed by atoms with Crippen LogP contribution >= 0.6 is 11.6 Å². The second kappa shape index (κ2) is 7.12. The third-order valence-electron chi connectivity index (χ3n) is 3.16. The quantitative estimate of drug-likeness (QED) is 0.872. The summed E-state index contributed by atoms with van der Waals surface area (Å²) in [6, 6.07) is 15.1. The Balaban J connectivity index is 2.19. The lowest BCUT2D eigenvalue weighted by atomic mass is 10.1. The highest BCUT2D eigenvalue weighted by Gasteiger charge is 2.09. The van der Waals surface area contributed by atoms with Crippen LogP contribution in [0.2, 0.25) is 5.02 Å². The molecule has 0 saturated heterocycles. The molecule has 2 aromatic rings. The minimum atomic E-state index is 0.239. The van der Waals surface area contributed by atoms with Crippen LogP contribution in [0, 0.1) is 11.3 Å². The molecular weight excluding hydrogens is 284 g/mol. The summed E-state index contributed by atoms with van der Waals surface area (Å²) in [4.78, 5) is 0. The summed E-state index contributed by atoms with van der Waals surface area (Å²) in [5.74, 6) is 1.18. The normalized spacial score (nSPS) is 11.7. The lowest BCUT2D eigenvalue weighted by molar-refractivity contribution is 0.482. The molecule has 1 unspecified atom stereocenters. The van der Waals surface area contributed by atoms with Crippen molar-refractivity contribution in [1.82, 2.24) is 5.32 Å². The van der Waals surface area contributed by atoms with Crippen molar-refractivity contribution in [2.24, 2.45) is 0 Å².